The van der Waals surface area contributed by atoms with Gasteiger partial charge in [-0.05, 0) is 38.5 Å². The van der Waals surface area contributed by atoms with Crippen LogP contribution in [-0.2, 0) is 4.79 Å². The Hall–Kier alpha value is -3.78. The third kappa shape index (κ3) is 4.25. The third-order valence-corrected chi connectivity index (χ3v) is 6.48. The minimum Gasteiger partial charge on any atom is -0.495 e. The van der Waals surface area contributed by atoms with Gasteiger partial charge in [-0.2, -0.15) is 9.78 Å². The van der Waals surface area contributed by atoms with Crippen molar-refractivity contribution in [2.75, 3.05) is 19.5 Å². The lowest BCUT2D eigenvalue weighted by Gasteiger charge is -2.22. The summed E-state index contributed by atoms with van der Waals surface area (Å²) < 4.78 is 13.9. The van der Waals surface area contributed by atoms with E-state index in [1.54, 1.807) is 18.3 Å². The largest absolute Gasteiger partial charge is 0.495 e. The smallest absolute Gasteiger partial charge is 0.281 e. The van der Waals surface area contributed by atoms with Crippen LogP contribution in [0.1, 0.15) is 30.8 Å². The molecule has 35 heavy (non-hydrogen) atoms. The highest BCUT2D eigenvalue weighted by atomic mass is 35.5. The van der Waals surface area contributed by atoms with Crippen LogP contribution in [-0.4, -0.2) is 34.5 Å². The Labute approximate surface area is 208 Å². The zero-order valence-corrected chi connectivity index (χ0v) is 21.0. The van der Waals surface area contributed by atoms with Crippen LogP contribution in [0, 0.1) is 13.8 Å². The Morgan fingerprint density at radius 1 is 1.09 bits per heavy atom. The number of hydrogen-bond acceptors (Lipinski definition) is 5. The molecule has 4 rings (SSSR count). The van der Waals surface area contributed by atoms with E-state index in [1.165, 1.54) is 18.9 Å². The van der Waals surface area contributed by atoms with Crippen molar-refractivity contribution >= 4 is 34.0 Å². The summed E-state index contributed by atoms with van der Waals surface area (Å²) in [6, 6.07) is 11.9. The maximum Gasteiger partial charge on any atom is 0.281 e. The molecular formula is C26H27ClN4O4. The minimum absolute atomic E-state index is 0.230. The molecule has 0 aliphatic heterocycles. The number of nitrogens with one attached hydrogen (secondary N) is 1. The first-order valence-corrected chi connectivity index (χ1v) is 11.6. The quantitative estimate of drug-likeness (QED) is 0.388. The first-order valence-electron chi connectivity index (χ1n) is 11.2. The van der Waals surface area contributed by atoms with Crippen LogP contribution in [0.25, 0.3) is 16.5 Å². The van der Waals surface area contributed by atoms with Crippen LogP contribution < -0.4 is 20.3 Å². The molecule has 0 saturated carbocycles. The van der Waals surface area contributed by atoms with Gasteiger partial charge < -0.3 is 19.4 Å². The van der Waals surface area contributed by atoms with Crippen LogP contribution in [0.15, 0.2) is 53.5 Å². The summed E-state index contributed by atoms with van der Waals surface area (Å²) in [5.41, 5.74) is 2.38. The van der Waals surface area contributed by atoms with Crippen molar-refractivity contribution in [3.8, 4) is 17.2 Å². The van der Waals surface area contributed by atoms with E-state index in [4.69, 9.17) is 21.1 Å². The number of aryl methyl sites for hydroxylation is 2. The molecule has 2 aromatic carbocycles. The van der Waals surface area contributed by atoms with Crippen molar-refractivity contribution in [3.63, 3.8) is 0 Å². The lowest BCUT2D eigenvalue weighted by molar-refractivity contribution is -0.119. The summed E-state index contributed by atoms with van der Waals surface area (Å²) in [6.45, 7) is 5.67. The molecule has 1 amide bonds. The molecular weight excluding hydrogens is 468 g/mol. The van der Waals surface area contributed by atoms with E-state index in [0.29, 0.717) is 45.4 Å². The Morgan fingerprint density at radius 2 is 1.77 bits per heavy atom. The summed E-state index contributed by atoms with van der Waals surface area (Å²) in [4.78, 5) is 26.9. The number of ether oxygens (including phenoxy) is 2. The molecule has 0 aliphatic rings. The standard InChI is InChI=1S/C26H27ClN4O4/c1-6-21(25(32)29-20-12-19(27)22(34-4)13-23(20)35-5)30-15(2)18-14-28-31(17-10-8-7-9-11-17)26(33)24(18)16(30)3/h7-14,21H,6H2,1-5H3,(H,29,32)/t21-/m1/s1. The summed E-state index contributed by atoms with van der Waals surface area (Å²) in [7, 11) is 3.02. The van der Waals surface area contributed by atoms with Gasteiger partial charge in [0.25, 0.3) is 5.56 Å². The average molecular weight is 495 g/mol. The highest BCUT2D eigenvalue weighted by molar-refractivity contribution is 6.32. The van der Waals surface area contributed by atoms with Gasteiger partial charge in [0.15, 0.2) is 0 Å². The fourth-order valence-corrected chi connectivity index (χ4v) is 4.70. The molecule has 0 aliphatic carbocycles. The Morgan fingerprint density at radius 3 is 2.40 bits per heavy atom. The predicted molar refractivity (Wildman–Crippen MR) is 137 cm³/mol. The number of hydrogen-bond donors (Lipinski definition) is 1. The topological polar surface area (TPSA) is 87.4 Å². The van der Waals surface area contributed by atoms with Crippen molar-refractivity contribution in [2.24, 2.45) is 0 Å². The lowest BCUT2D eigenvalue weighted by atomic mass is 10.1. The van der Waals surface area contributed by atoms with Gasteiger partial charge in [0.2, 0.25) is 5.91 Å². The van der Waals surface area contributed by atoms with Crippen molar-refractivity contribution in [1.29, 1.82) is 0 Å². The van der Waals surface area contributed by atoms with E-state index in [9.17, 15) is 9.59 Å². The molecule has 0 radical (unpaired) electrons. The van der Waals surface area contributed by atoms with Gasteiger partial charge in [0.05, 0.1) is 42.2 Å². The zero-order valence-electron chi connectivity index (χ0n) is 20.3. The number of rotatable bonds is 7. The number of carbonyl (C=O) groups is 1. The fourth-order valence-electron chi connectivity index (χ4n) is 4.46. The molecule has 1 N–H and O–H groups in total. The fraction of sp³-hybridized carbons (Fsp3) is 0.269. The first-order chi connectivity index (χ1) is 16.8. The SMILES string of the molecule is CC[C@H](C(=O)Nc1cc(Cl)c(OC)cc1OC)n1c(C)c2cnn(-c3ccccc3)c(=O)c2c1C. The van der Waals surface area contributed by atoms with Crippen molar-refractivity contribution < 1.29 is 14.3 Å². The van der Waals surface area contributed by atoms with Crippen molar-refractivity contribution in [3.05, 3.63) is 75.4 Å². The second-order valence-electron chi connectivity index (χ2n) is 8.13. The van der Waals surface area contributed by atoms with E-state index < -0.39 is 6.04 Å². The molecule has 0 fully saturated rings. The number of benzene rings is 2. The number of fused-ring (bicyclic) bond motifs is 1. The zero-order chi connectivity index (χ0) is 25.3. The van der Waals surface area contributed by atoms with Crippen LogP contribution in [0.2, 0.25) is 5.02 Å². The summed E-state index contributed by atoms with van der Waals surface area (Å²) >= 11 is 6.28. The van der Waals surface area contributed by atoms with E-state index in [1.807, 2.05) is 55.7 Å². The van der Waals surface area contributed by atoms with Gasteiger partial charge in [-0.15, -0.1) is 0 Å². The predicted octanol–water partition coefficient (Wildman–Crippen LogP) is 5.06. The summed E-state index contributed by atoms with van der Waals surface area (Å²) in [5, 5.41) is 8.92. The molecule has 0 saturated heterocycles. The second-order valence-corrected chi connectivity index (χ2v) is 8.53. The molecule has 0 bridgehead atoms. The highest BCUT2D eigenvalue weighted by Gasteiger charge is 2.26. The molecule has 182 valence electrons. The van der Waals surface area contributed by atoms with E-state index >= 15 is 0 Å². The lowest BCUT2D eigenvalue weighted by Crippen LogP contribution is -2.27. The molecule has 4 aromatic rings. The van der Waals surface area contributed by atoms with Gasteiger partial charge in [-0.3, -0.25) is 9.59 Å². The van der Waals surface area contributed by atoms with Crippen LogP contribution in [0.4, 0.5) is 5.69 Å². The maximum absolute atomic E-state index is 13.5. The van der Waals surface area contributed by atoms with E-state index in [-0.39, 0.29) is 11.5 Å². The maximum atomic E-state index is 13.5. The molecule has 9 heteroatoms. The number of carbonyl (C=O) groups excluding carboxylic acids is 1. The van der Waals surface area contributed by atoms with E-state index in [2.05, 4.69) is 10.4 Å². The van der Waals surface area contributed by atoms with Gasteiger partial charge in [0.1, 0.15) is 17.5 Å². The number of nitrogens with zero attached hydrogens (tertiary/aromatic N) is 3. The third-order valence-electron chi connectivity index (χ3n) is 6.19. The van der Waals surface area contributed by atoms with Gasteiger partial charge >= 0.3 is 0 Å². The summed E-state index contributed by atoms with van der Waals surface area (Å²) in [5.74, 6) is 0.615. The molecule has 2 heterocycles. The first kappa shape index (κ1) is 24.3. The second kappa shape index (κ2) is 9.84. The average Bonchev–Trinajstić information content (AvgIpc) is 3.11. The monoisotopic (exact) mass is 494 g/mol. The molecule has 0 spiro atoms. The Kier molecular flexibility index (Phi) is 6.84. The van der Waals surface area contributed by atoms with E-state index in [0.717, 1.165) is 11.1 Å². The molecule has 8 nitrogen and oxygen atoms in total. The number of halogens is 1. The highest BCUT2D eigenvalue weighted by Crippen LogP contribution is 2.37. The molecule has 0 unspecified atom stereocenters. The molecule has 1 atom stereocenters. The number of aromatic nitrogens is 3. The number of amides is 1. The molecule has 2 aromatic heterocycles. The summed E-state index contributed by atoms with van der Waals surface area (Å²) in [6.07, 6.45) is 2.18. The van der Waals surface area contributed by atoms with Gasteiger partial charge in [-0.1, -0.05) is 36.7 Å². The normalized spacial score (nSPS) is 11.9. The van der Waals surface area contributed by atoms with Gasteiger partial charge in [-0.25, -0.2) is 0 Å². The van der Waals surface area contributed by atoms with Crippen LogP contribution >= 0.6 is 11.6 Å². The van der Waals surface area contributed by atoms with Gasteiger partial charge in [0, 0.05) is 22.8 Å². The van der Waals surface area contributed by atoms with Crippen molar-refractivity contribution in [1.82, 2.24) is 14.3 Å². The minimum atomic E-state index is -0.572. The van der Waals surface area contributed by atoms with Crippen LogP contribution in [0.5, 0.6) is 11.5 Å². The Bertz CT molecular complexity index is 1460. The Balaban J connectivity index is 1.78. The number of para-hydroxylation sites is 1. The van der Waals surface area contributed by atoms with Crippen LogP contribution in [0.3, 0.4) is 0 Å². The number of methoxy groups -OCH3 is 2. The number of anilines is 1. The van der Waals surface area contributed by atoms with Crippen molar-refractivity contribution in [2.45, 2.75) is 33.2 Å².